The highest BCUT2D eigenvalue weighted by atomic mass is 14.8. The second-order valence-electron chi connectivity index (χ2n) is 1.80. The van der Waals surface area contributed by atoms with Crippen LogP contribution in [0.3, 0.4) is 0 Å². The first-order valence-corrected chi connectivity index (χ1v) is 3.08. The van der Waals surface area contributed by atoms with Gasteiger partial charge in [0.2, 0.25) is 0 Å². The molecule has 0 spiro atoms. The number of hydrogen-bond acceptors (Lipinski definition) is 1. The second kappa shape index (κ2) is 4.62. The van der Waals surface area contributed by atoms with E-state index < -0.39 is 0 Å². The topological polar surface area (TPSA) is 12.0 Å². The minimum absolute atomic E-state index is 0.877. The Kier molecular flexibility index (Phi) is 4.05. The number of nitrogens with one attached hydrogen (secondary N) is 1. The zero-order valence-corrected chi connectivity index (χ0v) is 6.35. The van der Waals surface area contributed by atoms with Gasteiger partial charge in [-0.3, -0.25) is 0 Å². The highest BCUT2D eigenvalue weighted by Gasteiger charge is 1.91. The van der Waals surface area contributed by atoms with Crippen LogP contribution in [0.5, 0.6) is 0 Å². The number of rotatable bonds is 4. The predicted molar refractivity (Wildman–Crippen MR) is 46.7 cm³/mol. The van der Waals surface area contributed by atoms with E-state index >= 15 is 0 Å². The van der Waals surface area contributed by atoms with Crippen LogP contribution in [0, 0.1) is 0 Å². The summed E-state index contributed by atoms with van der Waals surface area (Å²) >= 11 is 0. The lowest BCUT2D eigenvalue weighted by molar-refractivity contribution is 1.02. The van der Waals surface area contributed by atoms with Crippen molar-refractivity contribution >= 4 is 0 Å². The minimum atomic E-state index is 0.877. The van der Waals surface area contributed by atoms with Crippen LogP contribution >= 0.6 is 0 Å². The van der Waals surface area contributed by atoms with E-state index in [1.807, 2.05) is 13.1 Å². The van der Waals surface area contributed by atoms with Gasteiger partial charge in [-0.05, 0) is 11.6 Å². The normalized spacial score (nSPS) is 10.3. The maximum absolute atomic E-state index is 3.77. The standard InChI is InChI=1S/C9H13N/c1-5-7-9(10-4)8(3)6-2/h5-7,10H,1-3H2,4H3/b9-7+. The quantitative estimate of drug-likeness (QED) is 0.581. The number of likely N-dealkylation sites (N-methyl/N-ethyl adjacent to an activating group) is 1. The summed E-state index contributed by atoms with van der Waals surface area (Å²) < 4.78 is 0. The zero-order valence-electron chi connectivity index (χ0n) is 6.35. The first-order valence-electron chi connectivity index (χ1n) is 3.08. The minimum Gasteiger partial charge on any atom is -0.388 e. The molecule has 0 aromatic rings. The molecule has 0 unspecified atom stereocenters. The van der Waals surface area contributed by atoms with Crippen LogP contribution in [-0.2, 0) is 0 Å². The molecule has 0 heterocycles. The van der Waals surface area contributed by atoms with Crippen LogP contribution in [0.2, 0.25) is 0 Å². The van der Waals surface area contributed by atoms with Crippen molar-refractivity contribution in [3.63, 3.8) is 0 Å². The molecule has 1 N–H and O–H groups in total. The lowest BCUT2D eigenvalue weighted by Gasteiger charge is -2.03. The molecule has 1 heteroatoms. The molecule has 0 saturated carbocycles. The summed E-state index contributed by atoms with van der Waals surface area (Å²) in [4.78, 5) is 0. The van der Waals surface area contributed by atoms with Crippen LogP contribution in [0.4, 0.5) is 0 Å². The average Bonchev–Trinajstić information content (AvgIpc) is 1.99. The smallest absolute Gasteiger partial charge is 0.0404 e. The summed E-state index contributed by atoms with van der Waals surface area (Å²) in [6.07, 6.45) is 5.26. The molecule has 0 bridgehead atoms. The van der Waals surface area contributed by atoms with Gasteiger partial charge < -0.3 is 5.32 Å². The van der Waals surface area contributed by atoms with Crippen molar-refractivity contribution in [1.82, 2.24) is 5.32 Å². The Morgan fingerprint density at radius 1 is 1.40 bits per heavy atom. The Hall–Kier alpha value is -1.24. The van der Waals surface area contributed by atoms with Crippen molar-refractivity contribution in [3.05, 3.63) is 49.2 Å². The van der Waals surface area contributed by atoms with Crippen molar-refractivity contribution in [3.8, 4) is 0 Å². The Balaban J connectivity index is 4.34. The van der Waals surface area contributed by atoms with E-state index in [1.165, 1.54) is 0 Å². The van der Waals surface area contributed by atoms with E-state index in [2.05, 4.69) is 25.1 Å². The fourth-order valence-corrected chi connectivity index (χ4v) is 0.579. The van der Waals surface area contributed by atoms with Gasteiger partial charge in [0.05, 0.1) is 0 Å². The van der Waals surface area contributed by atoms with Gasteiger partial charge in [-0.15, -0.1) is 0 Å². The Labute approximate surface area is 62.5 Å². The second-order valence-corrected chi connectivity index (χ2v) is 1.80. The molecule has 0 radical (unpaired) electrons. The molecule has 0 aliphatic rings. The molecular weight excluding hydrogens is 122 g/mol. The molecule has 0 amide bonds. The summed E-state index contributed by atoms with van der Waals surface area (Å²) in [5.74, 6) is 0. The van der Waals surface area contributed by atoms with E-state index in [0.29, 0.717) is 0 Å². The maximum Gasteiger partial charge on any atom is 0.0404 e. The fourth-order valence-electron chi connectivity index (χ4n) is 0.579. The predicted octanol–water partition coefficient (Wildman–Crippen LogP) is 2.02. The molecule has 0 aromatic heterocycles. The van der Waals surface area contributed by atoms with E-state index in [0.717, 1.165) is 11.3 Å². The van der Waals surface area contributed by atoms with Crippen molar-refractivity contribution in [2.75, 3.05) is 7.05 Å². The molecule has 10 heavy (non-hydrogen) atoms. The maximum atomic E-state index is 3.77. The lowest BCUT2D eigenvalue weighted by Crippen LogP contribution is -2.05. The molecule has 0 aliphatic carbocycles. The van der Waals surface area contributed by atoms with Crippen molar-refractivity contribution in [1.29, 1.82) is 0 Å². The van der Waals surface area contributed by atoms with Crippen LogP contribution in [-0.4, -0.2) is 7.05 Å². The van der Waals surface area contributed by atoms with Crippen molar-refractivity contribution in [2.24, 2.45) is 0 Å². The molecule has 0 rings (SSSR count). The molecule has 0 aliphatic heterocycles. The summed E-state index contributed by atoms with van der Waals surface area (Å²) in [6, 6.07) is 0. The lowest BCUT2D eigenvalue weighted by atomic mass is 10.2. The van der Waals surface area contributed by atoms with Crippen LogP contribution in [0.25, 0.3) is 0 Å². The highest BCUT2D eigenvalue weighted by molar-refractivity contribution is 5.36. The van der Waals surface area contributed by atoms with Crippen LogP contribution in [0.1, 0.15) is 0 Å². The third-order valence-corrected chi connectivity index (χ3v) is 1.15. The first kappa shape index (κ1) is 8.76. The van der Waals surface area contributed by atoms with Crippen LogP contribution in [0.15, 0.2) is 49.2 Å². The molecule has 0 saturated heterocycles. The summed E-state index contributed by atoms with van der Waals surface area (Å²) in [6.45, 7) is 10.9. The van der Waals surface area contributed by atoms with Gasteiger partial charge in [-0.2, -0.15) is 0 Å². The highest BCUT2D eigenvalue weighted by Crippen LogP contribution is 2.03. The van der Waals surface area contributed by atoms with Gasteiger partial charge in [0.15, 0.2) is 0 Å². The average molecular weight is 135 g/mol. The fraction of sp³-hybridized carbons (Fsp3) is 0.111. The third-order valence-electron chi connectivity index (χ3n) is 1.15. The van der Waals surface area contributed by atoms with Gasteiger partial charge in [0.1, 0.15) is 0 Å². The van der Waals surface area contributed by atoms with Gasteiger partial charge >= 0.3 is 0 Å². The summed E-state index contributed by atoms with van der Waals surface area (Å²) in [7, 11) is 1.84. The van der Waals surface area contributed by atoms with Crippen molar-refractivity contribution < 1.29 is 0 Å². The van der Waals surface area contributed by atoms with E-state index in [4.69, 9.17) is 0 Å². The van der Waals surface area contributed by atoms with E-state index in [1.54, 1.807) is 12.2 Å². The molecular formula is C9H13N. The third kappa shape index (κ3) is 2.35. The van der Waals surface area contributed by atoms with Gasteiger partial charge in [0.25, 0.3) is 0 Å². The molecule has 54 valence electrons. The first-order chi connectivity index (χ1) is 4.76. The van der Waals surface area contributed by atoms with Gasteiger partial charge in [-0.1, -0.05) is 31.9 Å². The van der Waals surface area contributed by atoms with E-state index in [9.17, 15) is 0 Å². The number of hydrogen-bond donors (Lipinski definition) is 1. The Morgan fingerprint density at radius 3 is 2.30 bits per heavy atom. The Morgan fingerprint density at radius 2 is 2.00 bits per heavy atom. The van der Waals surface area contributed by atoms with Crippen molar-refractivity contribution in [2.45, 2.75) is 0 Å². The summed E-state index contributed by atoms with van der Waals surface area (Å²) in [5.41, 5.74) is 1.83. The van der Waals surface area contributed by atoms with Gasteiger partial charge in [0, 0.05) is 12.7 Å². The van der Waals surface area contributed by atoms with E-state index in [-0.39, 0.29) is 0 Å². The Bertz CT molecular complexity index is 175. The molecule has 0 aromatic carbocycles. The number of allylic oxidation sites excluding steroid dienone is 3. The van der Waals surface area contributed by atoms with Crippen LogP contribution < -0.4 is 5.32 Å². The zero-order chi connectivity index (χ0) is 7.98. The SMILES string of the molecule is C=C/C=C(/NC)C(=C)C=C. The molecule has 1 nitrogen and oxygen atoms in total. The van der Waals surface area contributed by atoms with Gasteiger partial charge in [-0.25, -0.2) is 0 Å². The summed E-state index contributed by atoms with van der Waals surface area (Å²) in [5, 5.41) is 2.97. The molecule has 0 atom stereocenters. The molecule has 0 fully saturated rings. The largest absolute Gasteiger partial charge is 0.388 e. The monoisotopic (exact) mass is 135 g/mol.